The molecule has 0 aromatic heterocycles. The lowest BCUT2D eigenvalue weighted by Crippen LogP contribution is -2.23. The average Bonchev–Trinajstić information content (AvgIpc) is 3.09. The maximum atomic E-state index is 2.43. The Bertz CT molecular complexity index is 2410. The molecule has 10 rings (SSSR count). The van der Waals surface area contributed by atoms with Gasteiger partial charge < -0.3 is 0 Å². The Balaban J connectivity index is 1.07. The number of allylic oxidation sites excluding steroid dienone is 6. The van der Waals surface area contributed by atoms with E-state index in [2.05, 4.69) is 158 Å². The molecule has 3 aliphatic rings. The van der Waals surface area contributed by atoms with Gasteiger partial charge in [-0.2, -0.15) is 0 Å². The van der Waals surface area contributed by atoms with Crippen molar-refractivity contribution in [3.05, 3.63) is 173 Å². The lowest BCUT2D eigenvalue weighted by molar-refractivity contribution is 0.681. The average molecular weight is 557 g/mol. The summed E-state index contributed by atoms with van der Waals surface area (Å²) in [5.41, 5.74) is 13.4. The van der Waals surface area contributed by atoms with Gasteiger partial charge in [0.25, 0.3) is 0 Å². The number of benzene rings is 7. The number of hydrogen-bond donors (Lipinski definition) is 0. The van der Waals surface area contributed by atoms with Crippen LogP contribution in [0.15, 0.2) is 151 Å². The Morgan fingerprint density at radius 1 is 0.432 bits per heavy atom. The zero-order valence-corrected chi connectivity index (χ0v) is 24.2. The van der Waals surface area contributed by atoms with Crippen molar-refractivity contribution in [2.45, 2.75) is 5.92 Å². The van der Waals surface area contributed by atoms with E-state index in [0.29, 0.717) is 11.8 Å². The highest BCUT2D eigenvalue weighted by molar-refractivity contribution is 6.25. The van der Waals surface area contributed by atoms with E-state index in [1.807, 2.05) is 0 Å². The summed E-state index contributed by atoms with van der Waals surface area (Å²) in [6.07, 6.45) is 14.1. The molecule has 0 spiro atoms. The van der Waals surface area contributed by atoms with Gasteiger partial charge in [0, 0.05) is 11.8 Å². The fourth-order valence-electron chi connectivity index (χ4n) is 8.22. The summed E-state index contributed by atoms with van der Waals surface area (Å²) in [5.74, 6) is 0.701. The predicted molar refractivity (Wildman–Crippen MR) is 188 cm³/mol. The van der Waals surface area contributed by atoms with Gasteiger partial charge in [-0.25, -0.2) is 0 Å². The molecule has 0 fully saturated rings. The molecule has 0 bridgehead atoms. The van der Waals surface area contributed by atoms with E-state index < -0.39 is 0 Å². The second-order valence-corrected chi connectivity index (χ2v) is 12.4. The summed E-state index contributed by atoms with van der Waals surface area (Å²) in [7, 11) is 0. The molecule has 0 saturated heterocycles. The van der Waals surface area contributed by atoms with Crippen LogP contribution in [-0.4, -0.2) is 0 Å². The fraction of sp³-hybridized carbons (Fsp3) is 0.0455. The first-order valence-corrected chi connectivity index (χ1v) is 15.6. The zero-order valence-electron chi connectivity index (χ0n) is 24.2. The lowest BCUT2D eigenvalue weighted by Gasteiger charge is -2.38. The van der Waals surface area contributed by atoms with Gasteiger partial charge in [-0.05, 0) is 88.0 Å². The van der Waals surface area contributed by atoms with Crippen molar-refractivity contribution in [2.24, 2.45) is 5.92 Å². The second-order valence-electron chi connectivity index (χ2n) is 12.4. The third-order valence-electron chi connectivity index (χ3n) is 10.2. The van der Waals surface area contributed by atoms with Crippen molar-refractivity contribution in [1.29, 1.82) is 0 Å². The van der Waals surface area contributed by atoms with Gasteiger partial charge in [-0.15, -0.1) is 0 Å². The third-order valence-corrected chi connectivity index (χ3v) is 10.2. The van der Waals surface area contributed by atoms with Gasteiger partial charge >= 0.3 is 0 Å². The topological polar surface area (TPSA) is 0 Å². The molecule has 2 atom stereocenters. The molecule has 204 valence electrons. The first kappa shape index (κ1) is 24.0. The molecule has 0 aliphatic heterocycles. The summed E-state index contributed by atoms with van der Waals surface area (Å²) in [5, 5.41) is 7.97. The molecule has 3 aliphatic carbocycles. The molecule has 44 heavy (non-hydrogen) atoms. The Labute approximate surface area is 257 Å². The van der Waals surface area contributed by atoms with Crippen molar-refractivity contribution in [3.8, 4) is 22.3 Å². The summed E-state index contributed by atoms with van der Waals surface area (Å²) in [4.78, 5) is 0. The molecule has 0 nitrogen and oxygen atoms in total. The van der Waals surface area contributed by atoms with E-state index in [0.717, 1.165) is 0 Å². The van der Waals surface area contributed by atoms with Crippen LogP contribution in [0, 0.1) is 5.92 Å². The van der Waals surface area contributed by atoms with Gasteiger partial charge in [0.2, 0.25) is 0 Å². The Morgan fingerprint density at radius 3 is 1.91 bits per heavy atom. The smallest absolute Gasteiger partial charge is 0.0205 e. The molecular formula is C44H28. The van der Waals surface area contributed by atoms with Crippen LogP contribution in [-0.2, 0) is 0 Å². The van der Waals surface area contributed by atoms with Crippen molar-refractivity contribution in [2.75, 3.05) is 0 Å². The minimum absolute atomic E-state index is 0.325. The van der Waals surface area contributed by atoms with Crippen LogP contribution in [0.3, 0.4) is 0 Å². The SMILES string of the molecule is C1=Cc2cccc3c2C2C1=CC=C(c1ccccc1-c1ccc(-c4ccc5ccc6cccc7ccc4c5c67)cc1)C2C=C3. The van der Waals surface area contributed by atoms with E-state index in [9.17, 15) is 0 Å². The first-order valence-electron chi connectivity index (χ1n) is 15.6. The van der Waals surface area contributed by atoms with Crippen LogP contribution in [0.1, 0.15) is 28.2 Å². The van der Waals surface area contributed by atoms with Gasteiger partial charge in [-0.1, -0.05) is 158 Å². The van der Waals surface area contributed by atoms with Crippen LogP contribution in [0.5, 0.6) is 0 Å². The lowest BCUT2D eigenvalue weighted by atomic mass is 9.65. The monoisotopic (exact) mass is 556 g/mol. The van der Waals surface area contributed by atoms with E-state index >= 15 is 0 Å². The molecule has 0 N–H and O–H groups in total. The molecule has 2 unspecified atom stereocenters. The van der Waals surface area contributed by atoms with E-state index in [4.69, 9.17) is 0 Å². The quantitative estimate of drug-likeness (QED) is 0.190. The largest absolute Gasteiger partial charge is 0.0754 e. The summed E-state index contributed by atoms with van der Waals surface area (Å²) >= 11 is 0. The van der Waals surface area contributed by atoms with E-state index in [-0.39, 0.29) is 0 Å². The van der Waals surface area contributed by atoms with Crippen LogP contribution >= 0.6 is 0 Å². The minimum Gasteiger partial charge on any atom is -0.0754 e. The molecule has 0 amide bonds. The molecule has 0 radical (unpaired) electrons. The Morgan fingerprint density at radius 2 is 1.09 bits per heavy atom. The van der Waals surface area contributed by atoms with Gasteiger partial charge in [0.05, 0.1) is 0 Å². The molecule has 7 aromatic carbocycles. The second kappa shape index (κ2) is 9.02. The summed E-state index contributed by atoms with van der Waals surface area (Å²) < 4.78 is 0. The highest BCUT2D eigenvalue weighted by Gasteiger charge is 2.36. The van der Waals surface area contributed by atoms with E-state index in [1.165, 1.54) is 88.0 Å². The van der Waals surface area contributed by atoms with Crippen molar-refractivity contribution >= 4 is 50.0 Å². The molecule has 0 heterocycles. The van der Waals surface area contributed by atoms with Gasteiger partial charge in [0.15, 0.2) is 0 Å². The fourth-order valence-corrected chi connectivity index (χ4v) is 8.22. The Kier molecular flexibility index (Phi) is 4.93. The van der Waals surface area contributed by atoms with Gasteiger partial charge in [0.1, 0.15) is 0 Å². The molecule has 7 aromatic rings. The number of rotatable bonds is 3. The van der Waals surface area contributed by atoms with Crippen LogP contribution in [0.4, 0.5) is 0 Å². The van der Waals surface area contributed by atoms with Crippen LogP contribution in [0.2, 0.25) is 0 Å². The molecule has 0 heteroatoms. The first-order chi connectivity index (χ1) is 21.8. The number of hydrogen-bond acceptors (Lipinski definition) is 0. The van der Waals surface area contributed by atoms with Crippen molar-refractivity contribution in [1.82, 2.24) is 0 Å². The van der Waals surface area contributed by atoms with Crippen LogP contribution < -0.4 is 0 Å². The predicted octanol–water partition coefficient (Wildman–Crippen LogP) is 11.7. The molecular weight excluding hydrogens is 528 g/mol. The Hall–Kier alpha value is -5.46. The maximum absolute atomic E-state index is 2.43. The summed E-state index contributed by atoms with van der Waals surface area (Å²) in [6, 6.07) is 45.2. The molecule has 0 saturated carbocycles. The highest BCUT2D eigenvalue weighted by atomic mass is 14.4. The highest BCUT2D eigenvalue weighted by Crippen LogP contribution is 2.52. The maximum Gasteiger partial charge on any atom is 0.0205 e. The summed E-state index contributed by atoms with van der Waals surface area (Å²) in [6.45, 7) is 0. The van der Waals surface area contributed by atoms with Crippen LogP contribution in [0.25, 0.3) is 72.3 Å². The van der Waals surface area contributed by atoms with Gasteiger partial charge in [-0.3, -0.25) is 0 Å². The van der Waals surface area contributed by atoms with Crippen molar-refractivity contribution in [3.63, 3.8) is 0 Å². The van der Waals surface area contributed by atoms with Crippen molar-refractivity contribution < 1.29 is 0 Å². The normalized spacial score (nSPS) is 18.1. The van der Waals surface area contributed by atoms with E-state index in [1.54, 1.807) is 0 Å². The third kappa shape index (κ3) is 3.34. The standard InChI is InChI=1S/C44H28/c1-2-10-37(38-24-20-34-18-16-30-6-4-8-32-22-26-40(38)44(34)42(30)32)35(9-1)27-11-13-28(14-12-27)36-23-19-33-17-15-29-5-3-7-31-21-25-39(36)43(33)41(29)31/h1-26,40,44H. The minimum atomic E-state index is 0.325. The zero-order chi connectivity index (χ0) is 28.8.